The van der Waals surface area contributed by atoms with E-state index in [1.54, 1.807) is 24.5 Å². The number of aromatic nitrogens is 1. The second-order valence-electron chi connectivity index (χ2n) is 4.07. The van der Waals surface area contributed by atoms with Crippen LogP contribution >= 0.6 is 15.9 Å². The van der Waals surface area contributed by atoms with Gasteiger partial charge in [0.1, 0.15) is 5.69 Å². The third-order valence-electron chi connectivity index (χ3n) is 2.73. The van der Waals surface area contributed by atoms with Crippen molar-refractivity contribution in [3.05, 3.63) is 62.9 Å². The van der Waals surface area contributed by atoms with E-state index in [-0.39, 0.29) is 11.7 Å². The van der Waals surface area contributed by atoms with Crippen molar-refractivity contribution in [3.8, 4) is 0 Å². The number of nitrogens with zero attached hydrogens (tertiary/aromatic N) is 2. The van der Waals surface area contributed by atoms with Gasteiger partial charge in [-0.1, -0.05) is 15.9 Å². The SMILES string of the molecule is CC(Nc1cc(Br)ccc1[N+](=O)[O-])c1ccncc1. The topological polar surface area (TPSA) is 68.1 Å². The van der Waals surface area contributed by atoms with Gasteiger partial charge in [-0.05, 0) is 36.8 Å². The van der Waals surface area contributed by atoms with Crippen LogP contribution in [0.2, 0.25) is 0 Å². The highest BCUT2D eigenvalue weighted by Crippen LogP contribution is 2.30. The van der Waals surface area contributed by atoms with Gasteiger partial charge in [-0.3, -0.25) is 15.1 Å². The molecule has 0 aliphatic heterocycles. The Bertz CT molecular complexity index is 590. The molecule has 0 bridgehead atoms. The minimum atomic E-state index is -0.395. The Labute approximate surface area is 119 Å². The molecule has 1 heterocycles. The first-order valence-corrected chi connectivity index (χ1v) is 6.47. The second kappa shape index (κ2) is 5.79. The minimum Gasteiger partial charge on any atom is -0.373 e. The van der Waals surface area contributed by atoms with Gasteiger partial charge in [-0.2, -0.15) is 0 Å². The van der Waals surface area contributed by atoms with Crippen molar-refractivity contribution < 1.29 is 4.92 Å². The fourth-order valence-electron chi connectivity index (χ4n) is 1.75. The number of nitrogens with one attached hydrogen (secondary N) is 1. The Kier molecular flexibility index (Phi) is 4.11. The number of nitro groups is 1. The normalized spacial score (nSPS) is 11.9. The lowest BCUT2D eigenvalue weighted by atomic mass is 10.1. The van der Waals surface area contributed by atoms with E-state index >= 15 is 0 Å². The number of pyridine rings is 1. The first kappa shape index (κ1) is 13.5. The van der Waals surface area contributed by atoms with Crippen molar-refractivity contribution >= 4 is 27.3 Å². The summed E-state index contributed by atoms with van der Waals surface area (Å²) in [5.41, 5.74) is 1.57. The van der Waals surface area contributed by atoms with E-state index in [2.05, 4.69) is 26.2 Å². The summed E-state index contributed by atoms with van der Waals surface area (Å²) in [6.45, 7) is 1.94. The summed E-state index contributed by atoms with van der Waals surface area (Å²) in [6.07, 6.45) is 3.39. The maximum atomic E-state index is 11.0. The van der Waals surface area contributed by atoms with Gasteiger partial charge in [-0.25, -0.2) is 0 Å². The number of rotatable bonds is 4. The highest BCUT2D eigenvalue weighted by molar-refractivity contribution is 9.10. The minimum absolute atomic E-state index is 0.0454. The zero-order valence-corrected chi connectivity index (χ0v) is 11.8. The number of halogens is 1. The van der Waals surface area contributed by atoms with Crippen LogP contribution in [0.3, 0.4) is 0 Å². The van der Waals surface area contributed by atoms with Crippen molar-refractivity contribution in [1.82, 2.24) is 4.98 Å². The van der Waals surface area contributed by atoms with Crippen LogP contribution in [0.5, 0.6) is 0 Å². The average Bonchev–Trinajstić information content (AvgIpc) is 2.39. The van der Waals surface area contributed by atoms with Crippen molar-refractivity contribution in [2.45, 2.75) is 13.0 Å². The summed E-state index contributed by atoms with van der Waals surface area (Å²) in [4.78, 5) is 14.5. The maximum absolute atomic E-state index is 11.0. The number of nitro benzene ring substituents is 1. The molecular weight excluding hydrogens is 310 g/mol. The molecule has 1 aromatic heterocycles. The van der Waals surface area contributed by atoms with E-state index in [4.69, 9.17) is 0 Å². The number of hydrogen-bond donors (Lipinski definition) is 1. The lowest BCUT2D eigenvalue weighted by Crippen LogP contribution is -2.08. The van der Waals surface area contributed by atoms with Gasteiger partial charge in [-0.15, -0.1) is 0 Å². The third-order valence-corrected chi connectivity index (χ3v) is 3.23. The van der Waals surface area contributed by atoms with Crippen LogP contribution in [0.1, 0.15) is 18.5 Å². The highest BCUT2D eigenvalue weighted by atomic mass is 79.9. The largest absolute Gasteiger partial charge is 0.373 e. The van der Waals surface area contributed by atoms with Gasteiger partial charge < -0.3 is 5.32 Å². The Morgan fingerprint density at radius 3 is 2.63 bits per heavy atom. The summed E-state index contributed by atoms with van der Waals surface area (Å²) < 4.78 is 0.794. The third kappa shape index (κ3) is 3.29. The lowest BCUT2D eigenvalue weighted by molar-refractivity contribution is -0.384. The zero-order valence-electron chi connectivity index (χ0n) is 10.2. The van der Waals surface area contributed by atoms with Crippen LogP contribution in [-0.2, 0) is 0 Å². The Morgan fingerprint density at radius 2 is 2.00 bits per heavy atom. The highest BCUT2D eigenvalue weighted by Gasteiger charge is 2.16. The molecule has 0 aliphatic rings. The van der Waals surface area contributed by atoms with E-state index in [0.717, 1.165) is 10.0 Å². The molecule has 1 N–H and O–H groups in total. The van der Waals surface area contributed by atoms with E-state index in [0.29, 0.717) is 5.69 Å². The molecule has 0 amide bonds. The monoisotopic (exact) mass is 321 g/mol. The number of anilines is 1. The van der Waals surface area contributed by atoms with Crippen molar-refractivity contribution in [1.29, 1.82) is 0 Å². The molecule has 5 nitrogen and oxygen atoms in total. The van der Waals surface area contributed by atoms with E-state index < -0.39 is 4.92 Å². The number of hydrogen-bond acceptors (Lipinski definition) is 4. The average molecular weight is 322 g/mol. The Morgan fingerprint density at radius 1 is 1.32 bits per heavy atom. The standard InChI is InChI=1S/C13H12BrN3O2/c1-9(10-4-6-15-7-5-10)16-12-8-11(14)2-3-13(12)17(18)19/h2-9,16H,1H3. The Hall–Kier alpha value is -1.95. The molecule has 2 aromatic rings. The summed E-state index contributed by atoms with van der Waals surface area (Å²) in [7, 11) is 0. The van der Waals surface area contributed by atoms with E-state index in [9.17, 15) is 10.1 Å². The molecule has 1 atom stereocenters. The van der Waals surface area contributed by atoms with Crippen LogP contribution < -0.4 is 5.32 Å². The molecule has 0 saturated heterocycles. The molecule has 1 unspecified atom stereocenters. The Balaban J connectivity index is 2.28. The predicted molar refractivity (Wildman–Crippen MR) is 77.1 cm³/mol. The van der Waals surface area contributed by atoms with Crippen molar-refractivity contribution in [2.75, 3.05) is 5.32 Å². The fraction of sp³-hybridized carbons (Fsp3) is 0.154. The molecule has 0 fully saturated rings. The van der Waals surface area contributed by atoms with Crippen molar-refractivity contribution in [3.63, 3.8) is 0 Å². The molecule has 0 aliphatic carbocycles. The molecule has 98 valence electrons. The van der Waals surface area contributed by atoms with E-state index in [1.165, 1.54) is 6.07 Å². The predicted octanol–water partition coefficient (Wildman–Crippen LogP) is 3.93. The summed E-state index contributed by atoms with van der Waals surface area (Å²) in [5.74, 6) is 0. The lowest BCUT2D eigenvalue weighted by Gasteiger charge is -2.15. The summed E-state index contributed by atoms with van der Waals surface area (Å²) in [6, 6.07) is 8.54. The fourth-order valence-corrected chi connectivity index (χ4v) is 2.11. The van der Waals surface area contributed by atoms with Gasteiger partial charge in [0.2, 0.25) is 0 Å². The molecular formula is C13H12BrN3O2. The molecule has 2 rings (SSSR count). The summed E-state index contributed by atoms with van der Waals surface area (Å²) in [5, 5.41) is 14.1. The van der Waals surface area contributed by atoms with E-state index in [1.807, 2.05) is 19.1 Å². The zero-order chi connectivity index (χ0) is 13.8. The van der Waals surface area contributed by atoms with Gasteiger partial charge in [0.25, 0.3) is 5.69 Å². The van der Waals surface area contributed by atoms with Gasteiger partial charge in [0, 0.05) is 29.0 Å². The van der Waals surface area contributed by atoms with Crippen LogP contribution in [0.4, 0.5) is 11.4 Å². The smallest absolute Gasteiger partial charge is 0.292 e. The van der Waals surface area contributed by atoms with Gasteiger partial charge in [0.15, 0.2) is 0 Å². The quantitative estimate of drug-likeness (QED) is 0.684. The molecule has 6 heteroatoms. The molecule has 1 aromatic carbocycles. The van der Waals surface area contributed by atoms with Crippen LogP contribution in [0.15, 0.2) is 47.2 Å². The molecule has 0 spiro atoms. The molecule has 0 saturated carbocycles. The maximum Gasteiger partial charge on any atom is 0.292 e. The van der Waals surface area contributed by atoms with Gasteiger partial charge >= 0.3 is 0 Å². The second-order valence-corrected chi connectivity index (χ2v) is 4.98. The van der Waals surface area contributed by atoms with Crippen LogP contribution in [-0.4, -0.2) is 9.91 Å². The molecule has 0 radical (unpaired) electrons. The first-order valence-electron chi connectivity index (χ1n) is 5.68. The van der Waals surface area contributed by atoms with Crippen molar-refractivity contribution in [2.24, 2.45) is 0 Å². The summed E-state index contributed by atoms with van der Waals surface area (Å²) >= 11 is 3.32. The van der Waals surface area contributed by atoms with Crippen LogP contribution in [0.25, 0.3) is 0 Å². The van der Waals surface area contributed by atoms with Crippen LogP contribution in [0, 0.1) is 10.1 Å². The number of benzene rings is 1. The first-order chi connectivity index (χ1) is 9.08. The molecule has 19 heavy (non-hydrogen) atoms. The van der Waals surface area contributed by atoms with Gasteiger partial charge in [0.05, 0.1) is 4.92 Å².